The van der Waals surface area contributed by atoms with E-state index in [9.17, 15) is 9.90 Å². The third kappa shape index (κ3) is 3.34. The van der Waals surface area contributed by atoms with Gasteiger partial charge in [0.2, 0.25) is 5.91 Å². The predicted molar refractivity (Wildman–Crippen MR) is 78.3 cm³/mol. The summed E-state index contributed by atoms with van der Waals surface area (Å²) in [7, 11) is 0. The van der Waals surface area contributed by atoms with Crippen molar-refractivity contribution in [2.45, 2.75) is 51.0 Å². The zero-order valence-corrected chi connectivity index (χ0v) is 12.5. The summed E-state index contributed by atoms with van der Waals surface area (Å²) in [4.78, 5) is 17.1. The molecule has 1 N–H and O–H groups in total. The maximum atomic E-state index is 12.5. The number of rotatable bonds is 5. The third-order valence-corrected chi connectivity index (χ3v) is 5.27. The quantitative estimate of drug-likeness (QED) is 0.829. The Morgan fingerprint density at radius 3 is 2.50 bits per heavy atom. The number of aliphatic hydroxyl groups is 1. The number of hydrogen-bond acceptors (Lipinski definition) is 3. The van der Waals surface area contributed by atoms with E-state index in [2.05, 4.69) is 9.80 Å². The van der Waals surface area contributed by atoms with Crippen LogP contribution in [-0.4, -0.2) is 59.6 Å². The molecule has 0 aromatic carbocycles. The van der Waals surface area contributed by atoms with Gasteiger partial charge in [0.05, 0.1) is 0 Å². The van der Waals surface area contributed by atoms with Gasteiger partial charge in [-0.25, -0.2) is 0 Å². The van der Waals surface area contributed by atoms with Crippen molar-refractivity contribution in [2.24, 2.45) is 11.8 Å². The van der Waals surface area contributed by atoms with Crippen LogP contribution in [0, 0.1) is 11.8 Å². The van der Waals surface area contributed by atoms with Crippen molar-refractivity contribution in [3.63, 3.8) is 0 Å². The number of carbonyl (C=O) groups excluding carboxylic acids is 1. The van der Waals surface area contributed by atoms with Crippen LogP contribution in [-0.2, 0) is 4.79 Å². The lowest BCUT2D eigenvalue weighted by molar-refractivity contribution is -0.138. The van der Waals surface area contributed by atoms with E-state index in [1.807, 2.05) is 0 Å². The standard InChI is InChI=1S/C16H28N2O2/c19-10-7-15-12-18(16(20)14-3-1-2-4-14)9-8-17(15)11-13-5-6-13/h13-15,19H,1-12H2/t15-/m0/s1. The molecule has 1 saturated heterocycles. The molecule has 114 valence electrons. The second-order valence-electron chi connectivity index (χ2n) is 6.87. The Labute approximate surface area is 122 Å². The fraction of sp³-hybridized carbons (Fsp3) is 0.938. The molecular formula is C16H28N2O2. The van der Waals surface area contributed by atoms with E-state index < -0.39 is 0 Å². The molecule has 0 aromatic rings. The Bertz CT molecular complexity index is 337. The van der Waals surface area contributed by atoms with Crippen LogP contribution in [0.25, 0.3) is 0 Å². The number of nitrogens with zero attached hydrogens (tertiary/aromatic N) is 2. The summed E-state index contributed by atoms with van der Waals surface area (Å²) < 4.78 is 0. The van der Waals surface area contributed by atoms with Gasteiger partial charge in [0.15, 0.2) is 0 Å². The maximum absolute atomic E-state index is 12.5. The topological polar surface area (TPSA) is 43.8 Å². The van der Waals surface area contributed by atoms with Gasteiger partial charge < -0.3 is 10.0 Å². The Kier molecular flexibility index (Phi) is 4.61. The Morgan fingerprint density at radius 1 is 1.10 bits per heavy atom. The van der Waals surface area contributed by atoms with Gasteiger partial charge in [0, 0.05) is 44.7 Å². The van der Waals surface area contributed by atoms with Crippen molar-refractivity contribution in [3.05, 3.63) is 0 Å². The van der Waals surface area contributed by atoms with Crippen molar-refractivity contribution in [1.29, 1.82) is 0 Å². The highest BCUT2D eigenvalue weighted by Gasteiger charge is 2.35. The number of hydrogen-bond donors (Lipinski definition) is 1. The summed E-state index contributed by atoms with van der Waals surface area (Å²) in [5.74, 6) is 1.56. The number of piperazine rings is 1. The molecule has 3 rings (SSSR count). The fourth-order valence-electron chi connectivity index (χ4n) is 3.82. The molecule has 4 heteroatoms. The van der Waals surface area contributed by atoms with Crippen LogP contribution in [0.1, 0.15) is 44.9 Å². The normalized spacial score (nSPS) is 29.1. The molecule has 0 spiro atoms. The zero-order valence-electron chi connectivity index (χ0n) is 12.5. The molecule has 0 radical (unpaired) electrons. The third-order valence-electron chi connectivity index (χ3n) is 5.27. The zero-order chi connectivity index (χ0) is 13.9. The first-order chi connectivity index (χ1) is 9.78. The molecule has 3 fully saturated rings. The van der Waals surface area contributed by atoms with Crippen LogP contribution >= 0.6 is 0 Å². The lowest BCUT2D eigenvalue weighted by Gasteiger charge is -2.42. The summed E-state index contributed by atoms with van der Waals surface area (Å²) >= 11 is 0. The number of aliphatic hydroxyl groups excluding tert-OH is 1. The molecule has 1 heterocycles. The van der Waals surface area contributed by atoms with E-state index in [-0.39, 0.29) is 6.61 Å². The molecule has 4 nitrogen and oxygen atoms in total. The van der Waals surface area contributed by atoms with E-state index in [1.165, 1.54) is 32.2 Å². The Balaban J connectivity index is 1.56. The molecule has 0 aromatic heterocycles. The minimum atomic E-state index is 0.233. The van der Waals surface area contributed by atoms with Gasteiger partial charge in [0.1, 0.15) is 0 Å². The predicted octanol–water partition coefficient (Wildman–Crippen LogP) is 1.48. The van der Waals surface area contributed by atoms with Gasteiger partial charge in [-0.15, -0.1) is 0 Å². The van der Waals surface area contributed by atoms with Crippen LogP contribution in [0.4, 0.5) is 0 Å². The van der Waals surface area contributed by atoms with Crippen molar-refractivity contribution >= 4 is 5.91 Å². The number of amides is 1. The Hall–Kier alpha value is -0.610. The largest absolute Gasteiger partial charge is 0.396 e. The van der Waals surface area contributed by atoms with Gasteiger partial charge in [-0.3, -0.25) is 9.69 Å². The monoisotopic (exact) mass is 280 g/mol. The van der Waals surface area contributed by atoms with Gasteiger partial charge in [0.25, 0.3) is 0 Å². The smallest absolute Gasteiger partial charge is 0.225 e. The highest BCUT2D eigenvalue weighted by molar-refractivity contribution is 5.79. The molecule has 1 aliphatic heterocycles. The van der Waals surface area contributed by atoms with Crippen LogP contribution in [0.5, 0.6) is 0 Å². The van der Waals surface area contributed by atoms with E-state index in [0.717, 1.165) is 44.8 Å². The minimum Gasteiger partial charge on any atom is -0.396 e. The summed E-state index contributed by atoms with van der Waals surface area (Å²) in [6, 6.07) is 0.375. The van der Waals surface area contributed by atoms with Gasteiger partial charge in [-0.2, -0.15) is 0 Å². The summed E-state index contributed by atoms with van der Waals surface area (Å²) in [5, 5.41) is 9.29. The van der Waals surface area contributed by atoms with E-state index >= 15 is 0 Å². The van der Waals surface area contributed by atoms with Gasteiger partial charge >= 0.3 is 0 Å². The second kappa shape index (κ2) is 6.44. The van der Waals surface area contributed by atoms with E-state index in [1.54, 1.807) is 0 Å². The van der Waals surface area contributed by atoms with Gasteiger partial charge in [-0.05, 0) is 38.0 Å². The second-order valence-corrected chi connectivity index (χ2v) is 6.87. The van der Waals surface area contributed by atoms with Crippen molar-refractivity contribution < 1.29 is 9.90 Å². The highest BCUT2D eigenvalue weighted by Crippen LogP contribution is 2.32. The SMILES string of the molecule is O=C(C1CCCC1)N1CCN(CC2CC2)[C@@H](CCO)C1. The Morgan fingerprint density at radius 2 is 1.85 bits per heavy atom. The van der Waals surface area contributed by atoms with Crippen LogP contribution < -0.4 is 0 Å². The van der Waals surface area contributed by atoms with Crippen LogP contribution in [0.3, 0.4) is 0 Å². The first-order valence-corrected chi connectivity index (χ1v) is 8.41. The lowest BCUT2D eigenvalue weighted by atomic mass is 10.0. The van der Waals surface area contributed by atoms with Crippen molar-refractivity contribution in [3.8, 4) is 0 Å². The first-order valence-electron chi connectivity index (χ1n) is 8.41. The molecule has 2 aliphatic carbocycles. The highest BCUT2D eigenvalue weighted by atomic mass is 16.3. The summed E-state index contributed by atoms with van der Waals surface area (Å²) in [6.07, 6.45) is 8.16. The summed E-state index contributed by atoms with van der Waals surface area (Å²) in [6.45, 7) is 4.14. The van der Waals surface area contributed by atoms with Crippen LogP contribution in [0.15, 0.2) is 0 Å². The van der Waals surface area contributed by atoms with E-state index in [4.69, 9.17) is 0 Å². The molecular weight excluding hydrogens is 252 g/mol. The average molecular weight is 280 g/mol. The molecule has 0 bridgehead atoms. The van der Waals surface area contributed by atoms with Crippen molar-refractivity contribution in [1.82, 2.24) is 9.80 Å². The first kappa shape index (κ1) is 14.3. The molecule has 1 amide bonds. The maximum Gasteiger partial charge on any atom is 0.225 e. The lowest BCUT2D eigenvalue weighted by Crippen LogP contribution is -2.56. The van der Waals surface area contributed by atoms with Crippen LogP contribution in [0.2, 0.25) is 0 Å². The van der Waals surface area contributed by atoms with Gasteiger partial charge in [-0.1, -0.05) is 12.8 Å². The van der Waals surface area contributed by atoms with Crippen molar-refractivity contribution in [2.75, 3.05) is 32.8 Å². The molecule has 3 aliphatic rings. The molecule has 2 saturated carbocycles. The molecule has 1 atom stereocenters. The fourth-order valence-corrected chi connectivity index (χ4v) is 3.82. The number of carbonyl (C=O) groups is 1. The van der Waals surface area contributed by atoms with E-state index in [0.29, 0.717) is 17.9 Å². The minimum absolute atomic E-state index is 0.233. The molecule has 20 heavy (non-hydrogen) atoms. The summed E-state index contributed by atoms with van der Waals surface area (Å²) in [5.41, 5.74) is 0. The average Bonchev–Trinajstić information content (AvgIpc) is 3.10. The molecule has 0 unspecified atom stereocenters.